The van der Waals surface area contributed by atoms with Gasteiger partial charge in [-0.15, -0.1) is 0 Å². The van der Waals surface area contributed by atoms with Gasteiger partial charge in [-0.3, -0.25) is 14.5 Å². The van der Waals surface area contributed by atoms with E-state index in [-0.39, 0.29) is 11.9 Å². The predicted molar refractivity (Wildman–Crippen MR) is 127 cm³/mol. The van der Waals surface area contributed by atoms with Crippen molar-refractivity contribution in [1.29, 1.82) is 0 Å². The fourth-order valence-corrected chi connectivity index (χ4v) is 4.31. The van der Waals surface area contributed by atoms with Crippen LogP contribution in [-0.4, -0.2) is 47.3 Å². The molecular weight excluding hydrogens is 434 g/mol. The lowest BCUT2D eigenvalue weighted by Gasteiger charge is -2.14. The number of unbranched alkanes of at least 4 members (excludes halogenated alkanes) is 4. The van der Waals surface area contributed by atoms with Crippen LogP contribution in [0, 0.1) is 0 Å². The van der Waals surface area contributed by atoms with Crippen molar-refractivity contribution >= 4 is 52.2 Å². The number of thioether (sulfide) groups is 1. The largest absolute Gasteiger partial charge is 0.466 e. The third-order valence-electron chi connectivity index (χ3n) is 4.78. The van der Waals surface area contributed by atoms with E-state index in [0.29, 0.717) is 34.4 Å². The van der Waals surface area contributed by atoms with Crippen molar-refractivity contribution in [1.82, 2.24) is 4.90 Å². The summed E-state index contributed by atoms with van der Waals surface area (Å²) in [6, 6.07) is 6.85. The second-order valence-corrected chi connectivity index (χ2v) is 8.86. The number of hydrogen-bond acceptors (Lipinski definition) is 7. The van der Waals surface area contributed by atoms with E-state index in [4.69, 9.17) is 17.0 Å². The van der Waals surface area contributed by atoms with E-state index in [1.165, 1.54) is 18.9 Å². The van der Waals surface area contributed by atoms with Crippen LogP contribution in [0.25, 0.3) is 6.08 Å². The molecule has 0 atom stereocenters. The zero-order chi connectivity index (χ0) is 22.6. The maximum absolute atomic E-state index is 12.7. The van der Waals surface area contributed by atoms with E-state index >= 15 is 0 Å². The molecule has 1 saturated heterocycles. The molecule has 1 heterocycles. The molecule has 0 radical (unpaired) electrons. The van der Waals surface area contributed by atoms with Crippen LogP contribution in [-0.2, 0) is 19.1 Å². The van der Waals surface area contributed by atoms with Crippen molar-refractivity contribution in [3.05, 3.63) is 40.3 Å². The summed E-state index contributed by atoms with van der Waals surface area (Å²) < 4.78 is 10.4. The fraction of sp³-hybridized carbons (Fsp3) is 0.478. The van der Waals surface area contributed by atoms with Gasteiger partial charge >= 0.3 is 11.9 Å². The van der Waals surface area contributed by atoms with Crippen LogP contribution < -0.4 is 0 Å². The molecule has 0 bridgehead atoms. The minimum absolute atomic E-state index is 0.109. The molecule has 0 saturated carbocycles. The molecule has 1 aliphatic heterocycles. The Morgan fingerprint density at radius 1 is 1.10 bits per heavy atom. The van der Waals surface area contributed by atoms with Crippen molar-refractivity contribution in [3.8, 4) is 0 Å². The number of carbonyl (C=O) groups excluding carboxylic acids is 3. The van der Waals surface area contributed by atoms with Gasteiger partial charge in [-0.2, -0.15) is 0 Å². The summed E-state index contributed by atoms with van der Waals surface area (Å²) in [6.45, 7) is 3.15. The average molecular weight is 464 g/mol. The van der Waals surface area contributed by atoms with Crippen molar-refractivity contribution in [3.63, 3.8) is 0 Å². The number of methoxy groups -OCH3 is 1. The molecule has 0 aromatic heterocycles. The highest BCUT2D eigenvalue weighted by Crippen LogP contribution is 2.32. The molecule has 168 valence electrons. The molecule has 1 aromatic carbocycles. The standard InChI is InChI=1S/C23H29NO5S2/c1-3-4-8-15-29-20(25)9-6-5-7-14-24-21(26)19(31-23(24)30)16-17-10-12-18(13-11-17)22(27)28-2/h10-13,16H,3-9,14-15H2,1-2H3. The maximum Gasteiger partial charge on any atom is 0.337 e. The monoisotopic (exact) mass is 463 g/mol. The summed E-state index contributed by atoms with van der Waals surface area (Å²) in [5.74, 6) is -0.659. The van der Waals surface area contributed by atoms with Crippen molar-refractivity contribution < 1.29 is 23.9 Å². The summed E-state index contributed by atoms with van der Waals surface area (Å²) in [5, 5.41) is 0. The minimum atomic E-state index is -0.400. The van der Waals surface area contributed by atoms with Crippen molar-refractivity contribution in [2.24, 2.45) is 0 Å². The van der Waals surface area contributed by atoms with Gasteiger partial charge in [-0.25, -0.2) is 4.79 Å². The average Bonchev–Trinajstić information content (AvgIpc) is 3.03. The normalized spacial score (nSPS) is 14.9. The Morgan fingerprint density at radius 3 is 2.52 bits per heavy atom. The van der Waals surface area contributed by atoms with Crippen LogP contribution in [0.1, 0.15) is 67.8 Å². The summed E-state index contributed by atoms with van der Waals surface area (Å²) >= 11 is 6.64. The number of amides is 1. The zero-order valence-corrected chi connectivity index (χ0v) is 19.7. The molecule has 0 aliphatic carbocycles. The van der Waals surface area contributed by atoms with Gasteiger partial charge in [0.1, 0.15) is 4.32 Å². The Kier molecular flexibility index (Phi) is 10.7. The third-order valence-corrected chi connectivity index (χ3v) is 6.15. The van der Waals surface area contributed by atoms with Gasteiger partial charge in [0.2, 0.25) is 0 Å². The molecule has 0 unspecified atom stereocenters. The number of esters is 2. The Hall–Kier alpha value is -2.19. The molecular formula is C23H29NO5S2. The Labute approximate surface area is 193 Å². The highest BCUT2D eigenvalue weighted by atomic mass is 32.2. The topological polar surface area (TPSA) is 72.9 Å². The van der Waals surface area contributed by atoms with Crippen LogP contribution >= 0.6 is 24.0 Å². The molecule has 31 heavy (non-hydrogen) atoms. The minimum Gasteiger partial charge on any atom is -0.466 e. The van der Waals surface area contributed by atoms with Gasteiger partial charge in [0.15, 0.2) is 0 Å². The molecule has 0 spiro atoms. The third kappa shape index (κ3) is 8.10. The van der Waals surface area contributed by atoms with Crippen LogP contribution in [0.4, 0.5) is 0 Å². The Morgan fingerprint density at radius 2 is 1.84 bits per heavy atom. The Bertz CT molecular complexity index is 820. The SMILES string of the molecule is CCCCCOC(=O)CCCCCN1C(=O)C(=Cc2ccc(C(=O)OC)cc2)SC1=S. The highest BCUT2D eigenvalue weighted by Gasteiger charge is 2.31. The van der Waals surface area contributed by atoms with E-state index in [2.05, 4.69) is 11.7 Å². The van der Waals surface area contributed by atoms with Gasteiger partial charge in [0.25, 0.3) is 5.91 Å². The lowest BCUT2D eigenvalue weighted by molar-refractivity contribution is -0.144. The van der Waals surface area contributed by atoms with Gasteiger partial charge in [-0.1, -0.05) is 62.3 Å². The lowest BCUT2D eigenvalue weighted by atomic mass is 10.1. The van der Waals surface area contributed by atoms with E-state index in [1.54, 1.807) is 35.2 Å². The molecule has 2 rings (SSSR count). The van der Waals surface area contributed by atoms with E-state index < -0.39 is 5.97 Å². The number of nitrogens with zero attached hydrogens (tertiary/aromatic N) is 1. The number of thiocarbonyl (C=S) groups is 1. The predicted octanol–water partition coefficient (Wildman–Crippen LogP) is 4.97. The first-order chi connectivity index (χ1) is 15.0. The van der Waals surface area contributed by atoms with Crippen molar-refractivity contribution in [2.45, 2.75) is 51.9 Å². The smallest absolute Gasteiger partial charge is 0.337 e. The van der Waals surface area contributed by atoms with Crippen LogP contribution in [0.3, 0.4) is 0 Å². The second kappa shape index (κ2) is 13.3. The first-order valence-corrected chi connectivity index (χ1v) is 11.8. The number of ether oxygens (including phenoxy) is 2. The quantitative estimate of drug-likeness (QED) is 0.188. The molecule has 1 fully saturated rings. The highest BCUT2D eigenvalue weighted by molar-refractivity contribution is 8.26. The Balaban J connectivity index is 1.76. The fourth-order valence-electron chi connectivity index (χ4n) is 3.00. The molecule has 1 aliphatic rings. The van der Waals surface area contributed by atoms with E-state index in [0.717, 1.165) is 44.1 Å². The first kappa shape index (κ1) is 25.1. The van der Waals surface area contributed by atoms with Gasteiger partial charge in [0, 0.05) is 13.0 Å². The van der Waals surface area contributed by atoms with E-state index in [1.807, 2.05) is 0 Å². The summed E-state index contributed by atoms with van der Waals surface area (Å²) in [7, 11) is 1.34. The number of carbonyl (C=O) groups is 3. The van der Waals surface area contributed by atoms with E-state index in [9.17, 15) is 14.4 Å². The van der Waals surface area contributed by atoms with Gasteiger partial charge < -0.3 is 9.47 Å². The summed E-state index contributed by atoms with van der Waals surface area (Å²) in [6.07, 6.45) is 7.62. The number of rotatable bonds is 12. The first-order valence-electron chi connectivity index (χ1n) is 10.6. The van der Waals surface area contributed by atoms with Gasteiger partial charge in [-0.05, 0) is 43.0 Å². The van der Waals surface area contributed by atoms with Crippen LogP contribution in [0.2, 0.25) is 0 Å². The molecule has 1 aromatic rings. The maximum atomic E-state index is 12.7. The molecule has 0 N–H and O–H groups in total. The molecule has 1 amide bonds. The lowest BCUT2D eigenvalue weighted by Crippen LogP contribution is -2.29. The summed E-state index contributed by atoms with van der Waals surface area (Å²) in [5.41, 5.74) is 1.27. The van der Waals surface area contributed by atoms with Crippen LogP contribution in [0.5, 0.6) is 0 Å². The van der Waals surface area contributed by atoms with Crippen LogP contribution in [0.15, 0.2) is 29.2 Å². The number of benzene rings is 1. The molecule has 8 heteroatoms. The zero-order valence-electron chi connectivity index (χ0n) is 18.1. The summed E-state index contributed by atoms with van der Waals surface area (Å²) in [4.78, 5) is 38.1. The molecule has 6 nitrogen and oxygen atoms in total. The van der Waals surface area contributed by atoms with Gasteiger partial charge in [0.05, 0.1) is 24.2 Å². The van der Waals surface area contributed by atoms with Crippen molar-refractivity contribution in [2.75, 3.05) is 20.3 Å². The number of hydrogen-bond donors (Lipinski definition) is 0. The second-order valence-electron chi connectivity index (χ2n) is 7.19.